The van der Waals surface area contributed by atoms with E-state index in [1.54, 1.807) is 20.8 Å². The molecule has 9 atom stereocenters. The maximum atomic E-state index is 17.4. The number of esters is 3. The van der Waals surface area contributed by atoms with Crippen molar-refractivity contribution in [2.45, 2.75) is 76.9 Å². The van der Waals surface area contributed by atoms with Crippen molar-refractivity contribution < 1.29 is 47.3 Å². The van der Waals surface area contributed by atoms with Crippen LogP contribution in [0.25, 0.3) is 0 Å². The summed E-state index contributed by atoms with van der Waals surface area (Å²) in [6.45, 7) is 6.12. The predicted octanol–water partition coefficient (Wildman–Crippen LogP) is 3.52. The van der Waals surface area contributed by atoms with Crippen LogP contribution in [0, 0.1) is 28.6 Å². The number of methoxy groups -OCH3 is 1. The van der Waals surface area contributed by atoms with Crippen LogP contribution in [0.5, 0.6) is 0 Å². The Morgan fingerprint density at radius 2 is 1.90 bits per heavy atom. The second kappa shape index (κ2) is 9.94. The standard InChI is InChI=1S/C29H36F2O8/c1-6-23(34)39-29(25(36)38-11-7-8-24(35)37-5)16(2)12-18-19-14-21(30)20-13-17(32)9-10-26(20,3)28(19,31)22(33)15-27(18,29)4/h7-10,13,16,18-19,21-22,33H,6,11-12,14-15H2,1-5H3/b8-7+/t16-,18+,19+,21+,22+,26+,27+,28+,29+/m1/s1. The second-order valence-corrected chi connectivity index (χ2v) is 11.6. The maximum absolute atomic E-state index is 17.4. The minimum Gasteiger partial charge on any atom is -0.466 e. The van der Waals surface area contributed by atoms with Crippen molar-refractivity contribution in [3.8, 4) is 0 Å². The molecule has 39 heavy (non-hydrogen) atoms. The molecule has 10 heteroatoms. The topological polar surface area (TPSA) is 116 Å². The number of hydrogen-bond acceptors (Lipinski definition) is 8. The van der Waals surface area contributed by atoms with Crippen LogP contribution >= 0.6 is 0 Å². The molecule has 0 aliphatic heterocycles. The van der Waals surface area contributed by atoms with Crippen LogP contribution in [0.15, 0.2) is 36.0 Å². The van der Waals surface area contributed by atoms with Crippen molar-refractivity contribution in [3.05, 3.63) is 36.0 Å². The number of ether oxygens (including phenoxy) is 3. The molecule has 3 saturated carbocycles. The van der Waals surface area contributed by atoms with Crippen molar-refractivity contribution in [1.29, 1.82) is 0 Å². The second-order valence-electron chi connectivity index (χ2n) is 11.6. The van der Waals surface area contributed by atoms with E-state index in [1.807, 2.05) is 0 Å². The lowest BCUT2D eigenvalue weighted by Crippen LogP contribution is -2.71. The molecular formula is C29H36F2O8. The summed E-state index contributed by atoms with van der Waals surface area (Å²) in [5, 5.41) is 11.5. The molecule has 8 nitrogen and oxygen atoms in total. The van der Waals surface area contributed by atoms with E-state index >= 15 is 8.78 Å². The zero-order chi connectivity index (χ0) is 29.0. The zero-order valence-electron chi connectivity index (χ0n) is 22.9. The van der Waals surface area contributed by atoms with Gasteiger partial charge in [-0.15, -0.1) is 0 Å². The van der Waals surface area contributed by atoms with Crippen molar-refractivity contribution >= 4 is 23.7 Å². The molecule has 0 unspecified atom stereocenters. The highest BCUT2D eigenvalue weighted by molar-refractivity contribution is 6.01. The van der Waals surface area contributed by atoms with Gasteiger partial charge in [-0.25, -0.2) is 18.4 Å². The molecule has 0 aromatic rings. The van der Waals surface area contributed by atoms with Crippen LogP contribution in [0.3, 0.4) is 0 Å². The molecule has 4 aliphatic carbocycles. The number of alkyl halides is 2. The average molecular weight is 551 g/mol. The van der Waals surface area contributed by atoms with Gasteiger partial charge in [-0.2, -0.15) is 0 Å². The Kier molecular flexibility index (Phi) is 7.42. The van der Waals surface area contributed by atoms with Gasteiger partial charge in [-0.3, -0.25) is 9.59 Å². The molecule has 4 aliphatic rings. The Morgan fingerprint density at radius 1 is 1.21 bits per heavy atom. The highest BCUT2D eigenvalue weighted by atomic mass is 19.1. The van der Waals surface area contributed by atoms with Gasteiger partial charge in [0.15, 0.2) is 11.5 Å². The molecule has 0 saturated heterocycles. The van der Waals surface area contributed by atoms with E-state index in [9.17, 15) is 24.3 Å². The van der Waals surface area contributed by atoms with Crippen LogP contribution in [0.1, 0.15) is 53.4 Å². The normalized spacial score (nSPS) is 42.7. The van der Waals surface area contributed by atoms with Gasteiger partial charge in [0.25, 0.3) is 0 Å². The number of aliphatic hydroxyl groups excluding tert-OH is 1. The average Bonchev–Trinajstić information content (AvgIpc) is 3.11. The number of hydrogen-bond donors (Lipinski definition) is 1. The minimum absolute atomic E-state index is 0.00271. The molecule has 0 radical (unpaired) electrons. The lowest BCUT2D eigenvalue weighted by molar-refractivity contribution is -0.238. The van der Waals surface area contributed by atoms with Gasteiger partial charge in [-0.1, -0.05) is 26.8 Å². The third kappa shape index (κ3) is 4.00. The van der Waals surface area contributed by atoms with Gasteiger partial charge >= 0.3 is 17.9 Å². The van der Waals surface area contributed by atoms with Crippen molar-refractivity contribution in [1.82, 2.24) is 0 Å². The van der Waals surface area contributed by atoms with Crippen LogP contribution < -0.4 is 0 Å². The lowest BCUT2D eigenvalue weighted by Gasteiger charge is -2.63. The summed E-state index contributed by atoms with van der Waals surface area (Å²) in [5.41, 5.74) is -7.08. The first-order valence-electron chi connectivity index (χ1n) is 13.3. The fourth-order valence-corrected chi connectivity index (χ4v) is 7.91. The largest absolute Gasteiger partial charge is 0.466 e. The summed E-state index contributed by atoms with van der Waals surface area (Å²) in [6, 6.07) is 0. The van der Waals surface area contributed by atoms with E-state index in [4.69, 9.17) is 9.47 Å². The van der Waals surface area contributed by atoms with E-state index < -0.39 is 75.8 Å². The molecule has 0 amide bonds. The summed E-state index contributed by atoms with van der Waals surface area (Å²) in [7, 11) is 1.20. The van der Waals surface area contributed by atoms with Gasteiger partial charge in [-0.05, 0) is 55.9 Å². The van der Waals surface area contributed by atoms with E-state index in [0.717, 1.165) is 12.2 Å². The van der Waals surface area contributed by atoms with Gasteiger partial charge in [0.1, 0.15) is 12.8 Å². The first kappa shape index (κ1) is 29.1. The van der Waals surface area contributed by atoms with Crippen molar-refractivity contribution in [3.63, 3.8) is 0 Å². The van der Waals surface area contributed by atoms with Crippen LogP contribution in [-0.2, 0) is 33.4 Å². The van der Waals surface area contributed by atoms with Crippen molar-refractivity contribution in [2.24, 2.45) is 28.6 Å². The fraction of sp³-hybridized carbons (Fsp3) is 0.655. The number of fused-ring (bicyclic) bond motifs is 5. The summed E-state index contributed by atoms with van der Waals surface area (Å²) >= 11 is 0. The lowest BCUT2D eigenvalue weighted by atomic mass is 9.44. The first-order chi connectivity index (χ1) is 18.2. The van der Waals surface area contributed by atoms with Crippen molar-refractivity contribution in [2.75, 3.05) is 13.7 Å². The molecule has 0 aromatic heterocycles. The molecule has 0 bridgehead atoms. The molecular weight excluding hydrogens is 514 g/mol. The highest BCUT2D eigenvalue weighted by Crippen LogP contribution is 2.71. The number of halogens is 2. The molecule has 0 spiro atoms. The summed E-state index contributed by atoms with van der Waals surface area (Å²) < 4.78 is 49.0. The van der Waals surface area contributed by atoms with Gasteiger partial charge in [0, 0.05) is 35.2 Å². The smallest absolute Gasteiger partial charge is 0.351 e. The Labute approximate surface area is 226 Å². The Morgan fingerprint density at radius 3 is 2.54 bits per heavy atom. The van der Waals surface area contributed by atoms with Gasteiger partial charge < -0.3 is 19.3 Å². The van der Waals surface area contributed by atoms with Gasteiger partial charge in [0.2, 0.25) is 5.60 Å². The van der Waals surface area contributed by atoms with Gasteiger partial charge in [0.05, 0.1) is 13.2 Å². The Balaban J connectivity index is 1.78. The van der Waals surface area contributed by atoms with E-state index in [0.29, 0.717) is 0 Å². The minimum atomic E-state index is -2.33. The van der Waals surface area contributed by atoms with Crippen LogP contribution in [0.2, 0.25) is 0 Å². The number of carbonyl (C=O) groups is 4. The molecule has 214 valence electrons. The SMILES string of the molecule is CCC(=O)O[C@]1(C(=O)OC/C=C/C(=O)OC)[C@H](C)C[C@H]2[C@@H]3C[C@H](F)C4=CC(=O)C=C[C@]4(C)[C@@]3(F)[C@@H](O)C[C@@]21C. The first-order valence-corrected chi connectivity index (χ1v) is 13.3. The fourth-order valence-electron chi connectivity index (χ4n) is 7.91. The molecule has 4 rings (SSSR count). The monoisotopic (exact) mass is 550 g/mol. The van der Waals surface area contributed by atoms with Crippen LogP contribution in [-0.4, -0.2) is 66.1 Å². The van der Waals surface area contributed by atoms with E-state index in [2.05, 4.69) is 4.74 Å². The van der Waals surface area contributed by atoms with Crippen LogP contribution in [0.4, 0.5) is 8.78 Å². The summed E-state index contributed by atoms with van der Waals surface area (Å²) in [5.74, 6) is -4.99. The molecule has 3 fully saturated rings. The third-order valence-electron chi connectivity index (χ3n) is 9.80. The molecule has 1 N–H and O–H groups in total. The Bertz CT molecular complexity index is 1160. The quantitative estimate of drug-likeness (QED) is 0.304. The predicted molar refractivity (Wildman–Crippen MR) is 134 cm³/mol. The molecule has 0 aromatic carbocycles. The number of ketones is 1. The summed E-state index contributed by atoms with van der Waals surface area (Å²) in [6.07, 6.45) is 2.34. The summed E-state index contributed by atoms with van der Waals surface area (Å²) in [4.78, 5) is 49.9. The van der Waals surface area contributed by atoms with E-state index in [1.165, 1.54) is 32.3 Å². The maximum Gasteiger partial charge on any atom is 0.351 e. The Hall–Kier alpha value is -2.88. The van der Waals surface area contributed by atoms with E-state index in [-0.39, 0.29) is 37.9 Å². The molecule has 0 heterocycles. The number of carbonyl (C=O) groups excluding carboxylic acids is 4. The number of allylic oxidation sites excluding steroid dienone is 4. The zero-order valence-corrected chi connectivity index (χ0v) is 22.9. The number of rotatable bonds is 6. The number of aliphatic hydroxyl groups is 1. The highest BCUT2D eigenvalue weighted by Gasteiger charge is 2.78. The third-order valence-corrected chi connectivity index (χ3v) is 9.80.